The van der Waals surface area contributed by atoms with Crippen LogP contribution in [0.25, 0.3) is 0 Å². The average Bonchev–Trinajstić information content (AvgIpc) is 2.89. The van der Waals surface area contributed by atoms with E-state index in [1.807, 2.05) is 11.6 Å². The molecule has 0 unspecified atom stereocenters. The van der Waals surface area contributed by atoms with Crippen LogP contribution in [-0.2, 0) is 30.8 Å². The molecule has 1 fully saturated rings. The molecule has 0 aliphatic carbocycles. The average molecular weight is 411 g/mol. The number of carbonyl (C=O) groups excluding carboxylic acids is 1. The van der Waals surface area contributed by atoms with Crippen LogP contribution in [0.15, 0.2) is 24.3 Å². The summed E-state index contributed by atoms with van der Waals surface area (Å²) in [7, 11) is 0. The SMILES string of the molecule is Cc1nn(CC(C)C)c(C)c1CC(=O)NCc1ccc(CN2CCCCCC2)cc1. The fraction of sp³-hybridized carbons (Fsp3) is 0.600. The van der Waals surface area contributed by atoms with Gasteiger partial charge in [-0.1, -0.05) is 51.0 Å². The number of hydrogen-bond acceptors (Lipinski definition) is 3. The summed E-state index contributed by atoms with van der Waals surface area (Å²) in [4.78, 5) is 15.1. The summed E-state index contributed by atoms with van der Waals surface area (Å²) in [6, 6.07) is 8.70. The van der Waals surface area contributed by atoms with Gasteiger partial charge in [0.1, 0.15) is 0 Å². The number of carbonyl (C=O) groups is 1. The van der Waals surface area contributed by atoms with Gasteiger partial charge in [0.15, 0.2) is 0 Å². The maximum Gasteiger partial charge on any atom is 0.224 e. The van der Waals surface area contributed by atoms with E-state index in [1.54, 1.807) is 0 Å². The molecule has 2 aromatic rings. The minimum Gasteiger partial charge on any atom is -0.352 e. The van der Waals surface area contributed by atoms with Crippen molar-refractivity contribution in [2.45, 2.75) is 79.4 Å². The van der Waals surface area contributed by atoms with Crippen molar-refractivity contribution < 1.29 is 4.79 Å². The summed E-state index contributed by atoms with van der Waals surface area (Å²) >= 11 is 0. The zero-order chi connectivity index (χ0) is 21.5. The molecule has 1 N–H and O–H groups in total. The first-order valence-corrected chi connectivity index (χ1v) is 11.5. The van der Waals surface area contributed by atoms with E-state index in [2.05, 4.69) is 60.4 Å². The van der Waals surface area contributed by atoms with Crippen LogP contribution >= 0.6 is 0 Å². The molecule has 5 nitrogen and oxygen atoms in total. The number of amides is 1. The first-order chi connectivity index (χ1) is 14.4. The second-order valence-electron chi connectivity index (χ2n) is 9.19. The van der Waals surface area contributed by atoms with Gasteiger partial charge in [-0.05, 0) is 56.8 Å². The van der Waals surface area contributed by atoms with E-state index in [4.69, 9.17) is 0 Å². The Balaban J connectivity index is 1.49. The van der Waals surface area contributed by atoms with Crippen molar-refractivity contribution in [3.05, 3.63) is 52.3 Å². The number of hydrogen-bond donors (Lipinski definition) is 1. The van der Waals surface area contributed by atoms with Gasteiger partial charge in [0, 0.05) is 30.9 Å². The molecule has 0 radical (unpaired) electrons. The molecule has 0 atom stereocenters. The van der Waals surface area contributed by atoms with Crippen molar-refractivity contribution >= 4 is 5.91 Å². The summed E-state index contributed by atoms with van der Waals surface area (Å²) < 4.78 is 2.03. The van der Waals surface area contributed by atoms with E-state index in [1.165, 1.54) is 44.3 Å². The fourth-order valence-electron chi connectivity index (χ4n) is 4.25. The van der Waals surface area contributed by atoms with E-state index >= 15 is 0 Å². The van der Waals surface area contributed by atoms with Crippen LogP contribution in [0.1, 0.15) is 67.6 Å². The monoisotopic (exact) mass is 410 g/mol. The second-order valence-corrected chi connectivity index (χ2v) is 9.19. The van der Waals surface area contributed by atoms with Crippen LogP contribution in [0.2, 0.25) is 0 Å². The summed E-state index contributed by atoms with van der Waals surface area (Å²) in [5.74, 6) is 0.589. The van der Waals surface area contributed by atoms with Gasteiger partial charge in [-0.15, -0.1) is 0 Å². The molecule has 1 aliphatic rings. The maximum absolute atomic E-state index is 12.5. The number of rotatable bonds is 8. The number of nitrogens with one attached hydrogen (secondary N) is 1. The third kappa shape index (κ3) is 6.43. The van der Waals surface area contributed by atoms with Gasteiger partial charge in [-0.25, -0.2) is 0 Å². The molecular weight excluding hydrogens is 372 g/mol. The molecule has 0 saturated carbocycles. The first-order valence-electron chi connectivity index (χ1n) is 11.5. The third-order valence-electron chi connectivity index (χ3n) is 6.02. The molecule has 3 rings (SSSR count). The lowest BCUT2D eigenvalue weighted by Crippen LogP contribution is -2.25. The van der Waals surface area contributed by atoms with Crippen molar-refractivity contribution in [2.24, 2.45) is 5.92 Å². The Morgan fingerprint density at radius 1 is 1.03 bits per heavy atom. The van der Waals surface area contributed by atoms with E-state index in [9.17, 15) is 4.79 Å². The number of benzene rings is 1. The van der Waals surface area contributed by atoms with E-state index in [0.717, 1.165) is 35.6 Å². The molecule has 1 amide bonds. The van der Waals surface area contributed by atoms with Gasteiger partial charge in [0.05, 0.1) is 12.1 Å². The van der Waals surface area contributed by atoms with Crippen molar-refractivity contribution in [1.29, 1.82) is 0 Å². The van der Waals surface area contributed by atoms with Crippen LogP contribution in [0.5, 0.6) is 0 Å². The van der Waals surface area contributed by atoms with Crippen LogP contribution in [0.4, 0.5) is 0 Å². The topological polar surface area (TPSA) is 50.2 Å². The van der Waals surface area contributed by atoms with Gasteiger partial charge in [-0.3, -0.25) is 14.4 Å². The number of aromatic nitrogens is 2. The molecule has 2 heterocycles. The minimum absolute atomic E-state index is 0.0546. The van der Waals surface area contributed by atoms with E-state index in [-0.39, 0.29) is 5.91 Å². The standard InChI is InChI=1S/C25H38N4O/c1-19(2)17-29-21(4)24(20(3)27-29)15-25(30)26-16-22-9-11-23(12-10-22)18-28-13-7-5-6-8-14-28/h9-12,19H,5-8,13-18H2,1-4H3,(H,26,30). The van der Waals surface area contributed by atoms with Crippen molar-refractivity contribution in [3.8, 4) is 0 Å². The molecule has 0 spiro atoms. The Hall–Kier alpha value is -2.14. The molecule has 1 aromatic heterocycles. The lowest BCUT2D eigenvalue weighted by molar-refractivity contribution is -0.120. The molecule has 164 valence electrons. The summed E-state index contributed by atoms with van der Waals surface area (Å²) in [6.45, 7) is 13.3. The zero-order valence-electron chi connectivity index (χ0n) is 19.2. The molecular formula is C25H38N4O. The van der Waals surface area contributed by atoms with Gasteiger partial charge >= 0.3 is 0 Å². The number of aryl methyl sites for hydroxylation is 1. The van der Waals surface area contributed by atoms with Crippen LogP contribution in [-0.4, -0.2) is 33.7 Å². The third-order valence-corrected chi connectivity index (χ3v) is 6.02. The minimum atomic E-state index is 0.0546. The quantitative estimate of drug-likeness (QED) is 0.702. The molecule has 5 heteroatoms. The van der Waals surface area contributed by atoms with Gasteiger partial charge < -0.3 is 5.32 Å². The maximum atomic E-state index is 12.5. The predicted molar refractivity (Wildman–Crippen MR) is 122 cm³/mol. The molecule has 1 saturated heterocycles. The Morgan fingerprint density at radius 3 is 2.30 bits per heavy atom. The normalized spacial score (nSPS) is 15.4. The zero-order valence-corrected chi connectivity index (χ0v) is 19.2. The molecule has 0 bridgehead atoms. The van der Waals surface area contributed by atoms with E-state index in [0.29, 0.717) is 18.9 Å². The number of nitrogens with zero attached hydrogens (tertiary/aromatic N) is 3. The second kappa shape index (κ2) is 10.8. The predicted octanol–water partition coefficient (Wildman–Crippen LogP) is 4.39. The van der Waals surface area contributed by atoms with Crippen LogP contribution < -0.4 is 5.32 Å². The lowest BCUT2D eigenvalue weighted by Gasteiger charge is -2.19. The summed E-state index contributed by atoms with van der Waals surface area (Å²) in [6.07, 6.45) is 5.76. The Kier molecular flexibility index (Phi) is 8.08. The first kappa shape index (κ1) is 22.5. The Bertz CT molecular complexity index is 814. The highest BCUT2D eigenvalue weighted by atomic mass is 16.1. The van der Waals surface area contributed by atoms with Crippen molar-refractivity contribution in [3.63, 3.8) is 0 Å². The highest BCUT2D eigenvalue weighted by Gasteiger charge is 2.15. The Morgan fingerprint density at radius 2 is 1.67 bits per heavy atom. The molecule has 1 aliphatic heterocycles. The highest BCUT2D eigenvalue weighted by Crippen LogP contribution is 2.16. The lowest BCUT2D eigenvalue weighted by atomic mass is 10.1. The van der Waals surface area contributed by atoms with Gasteiger partial charge in [0.2, 0.25) is 5.91 Å². The molecule has 1 aromatic carbocycles. The van der Waals surface area contributed by atoms with Crippen LogP contribution in [0.3, 0.4) is 0 Å². The Labute approximate surface area is 181 Å². The van der Waals surface area contributed by atoms with Crippen LogP contribution in [0, 0.1) is 19.8 Å². The number of likely N-dealkylation sites (tertiary alicyclic amines) is 1. The van der Waals surface area contributed by atoms with Crippen molar-refractivity contribution in [2.75, 3.05) is 13.1 Å². The smallest absolute Gasteiger partial charge is 0.224 e. The largest absolute Gasteiger partial charge is 0.352 e. The summed E-state index contributed by atoms with van der Waals surface area (Å²) in [5.41, 5.74) is 5.62. The van der Waals surface area contributed by atoms with Gasteiger partial charge in [-0.2, -0.15) is 5.10 Å². The van der Waals surface area contributed by atoms with E-state index < -0.39 is 0 Å². The van der Waals surface area contributed by atoms with Crippen molar-refractivity contribution in [1.82, 2.24) is 20.0 Å². The highest BCUT2D eigenvalue weighted by molar-refractivity contribution is 5.79. The molecule has 30 heavy (non-hydrogen) atoms. The van der Waals surface area contributed by atoms with Gasteiger partial charge in [0.25, 0.3) is 0 Å². The fourth-order valence-corrected chi connectivity index (χ4v) is 4.25. The summed E-state index contributed by atoms with van der Waals surface area (Å²) in [5, 5.41) is 7.69.